The third kappa shape index (κ3) is 4.06. The van der Waals surface area contributed by atoms with Gasteiger partial charge in [-0.05, 0) is 37.0 Å². The number of carbonyl (C=O) groups excluding carboxylic acids is 1. The number of aliphatic carboxylic acids is 1. The van der Waals surface area contributed by atoms with Gasteiger partial charge in [0.1, 0.15) is 0 Å². The predicted molar refractivity (Wildman–Crippen MR) is 74.8 cm³/mol. The van der Waals surface area contributed by atoms with Crippen LogP contribution in [0.1, 0.15) is 24.8 Å². The van der Waals surface area contributed by atoms with E-state index in [0.717, 1.165) is 16.5 Å². The number of amides is 1. The van der Waals surface area contributed by atoms with E-state index in [4.69, 9.17) is 5.11 Å². The molecule has 5 heteroatoms. The first kappa shape index (κ1) is 14.1. The molecule has 0 radical (unpaired) electrons. The zero-order chi connectivity index (χ0) is 13.8. The van der Waals surface area contributed by atoms with E-state index in [1.807, 2.05) is 24.3 Å². The second kappa shape index (κ2) is 6.19. The zero-order valence-electron chi connectivity index (χ0n) is 10.4. The SMILES string of the molecule is O=C(Cc1cccc(Br)c1)N[C@H]1CC[C@@H](C(=O)O)C1. The summed E-state index contributed by atoms with van der Waals surface area (Å²) in [5, 5.41) is 11.8. The standard InChI is InChI=1S/C14H16BrNO3/c15-11-3-1-2-9(6-11)7-13(17)16-12-5-4-10(8-12)14(18)19/h1-3,6,10,12H,4-5,7-8H2,(H,16,17)(H,18,19)/t10-,12+/m1/s1. The van der Waals surface area contributed by atoms with E-state index in [2.05, 4.69) is 21.2 Å². The summed E-state index contributed by atoms with van der Waals surface area (Å²) in [4.78, 5) is 22.7. The summed E-state index contributed by atoms with van der Waals surface area (Å²) in [5.74, 6) is -1.12. The molecule has 0 unspecified atom stereocenters. The summed E-state index contributed by atoms with van der Waals surface area (Å²) in [6.45, 7) is 0. The molecule has 0 aliphatic heterocycles. The average molecular weight is 326 g/mol. The van der Waals surface area contributed by atoms with E-state index in [0.29, 0.717) is 19.3 Å². The van der Waals surface area contributed by atoms with Gasteiger partial charge in [-0.1, -0.05) is 28.1 Å². The quantitative estimate of drug-likeness (QED) is 0.893. The third-order valence-electron chi connectivity index (χ3n) is 3.40. The molecule has 4 nitrogen and oxygen atoms in total. The Morgan fingerprint density at radius 3 is 2.79 bits per heavy atom. The molecule has 1 fully saturated rings. The van der Waals surface area contributed by atoms with E-state index in [9.17, 15) is 9.59 Å². The molecule has 2 atom stereocenters. The smallest absolute Gasteiger partial charge is 0.306 e. The van der Waals surface area contributed by atoms with Gasteiger partial charge in [0.15, 0.2) is 0 Å². The maximum atomic E-state index is 11.9. The van der Waals surface area contributed by atoms with Crippen molar-refractivity contribution in [2.24, 2.45) is 5.92 Å². The highest BCUT2D eigenvalue weighted by atomic mass is 79.9. The molecule has 102 valence electrons. The minimum Gasteiger partial charge on any atom is -0.481 e. The average Bonchev–Trinajstić information content (AvgIpc) is 2.77. The maximum absolute atomic E-state index is 11.9. The Balaban J connectivity index is 1.84. The van der Waals surface area contributed by atoms with Gasteiger partial charge in [0, 0.05) is 10.5 Å². The first-order valence-electron chi connectivity index (χ1n) is 6.31. The van der Waals surface area contributed by atoms with Crippen LogP contribution in [-0.2, 0) is 16.0 Å². The van der Waals surface area contributed by atoms with E-state index in [-0.39, 0.29) is 17.9 Å². The van der Waals surface area contributed by atoms with Crippen LogP contribution in [0.4, 0.5) is 0 Å². The molecular formula is C14H16BrNO3. The van der Waals surface area contributed by atoms with E-state index < -0.39 is 5.97 Å². The molecule has 1 saturated carbocycles. The molecule has 2 rings (SSSR count). The number of rotatable bonds is 4. The van der Waals surface area contributed by atoms with E-state index in [1.54, 1.807) is 0 Å². The maximum Gasteiger partial charge on any atom is 0.306 e. The summed E-state index contributed by atoms with van der Waals surface area (Å²) in [6, 6.07) is 7.62. The Hall–Kier alpha value is -1.36. The molecule has 1 aliphatic rings. The Labute approximate surface area is 120 Å². The van der Waals surface area contributed by atoms with Crippen LogP contribution in [0, 0.1) is 5.92 Å². The summed E-state index contributed by atoms with van der Waals surface area (Å²) in [5.41, 5.74) is 0.944. The first-order valence-corrected chi connectivity index (χ1v) is 7.10. The van der Waals surface area contributed by atoms with Gasteiger partial charge < -0.3 is 10.4 Å². The monoisotopic (exact) mass is 325 g/mol. The number of hydrogen-bond donors (Lipinski definition) is 2. The van der Waals surface area contributed by atoms with Crippen molar-refractivity contribution < 1.29 is 14.7 Å². The Morgan fingerprint density at radius 1 is 1.37 bits per heavy atom. The first-order chi connectivity index (χ1) is 9.04. The van der Waals surface area contributed by atoms with Crippen LogP contribution in [0.3, 0.4) is 0 Å². The summed E-state index contributed by atoms with van der Waals surface area (Å²) in [6.07, 6.45) is 2.27. The molecule has 0 aromatic heterocycles. The van der Waals surface area contributed by atoms with Crippen LogP contribution in [0.5, 0.6) is 0 Å². The minimum absolute atomic E-state index is 0.000697. The molecule has 0 saturated heterocycles. The lowest BCUT2D eigenvalue weighted by Crippen LogP contribution is -2.34. The molecule has 1 aromatic rings. The molecule has 0 heterocycles. The fourth-order valence-corrected chi connectivity index (χ4v) is 2.89. The van der Waals surface area contributed by atoms with Crippen molar-refractivity contribution in [2.45, 2.75) is 31.7 Å². The lowest BCUT2D eigenvalue weighted by atomic mass is 10.1. The van der Waals surface area contributed by atoms with Crippen LogP contribution < -0.4 is 5.32 Å². The second-order valence-corrected chi connectivity index (χ2v) is 5.84. The van der Waals surface area contributed by atoms with Gasteiger partial charge in [0.2, 0.25) is 5.91 Å². The molecule has 19 heavy (non-hydrogen) atoms. The van der Waals surface area contributed by atoms with Crippen LogP contribution in [0.15, 0.2) is 28.7 Å². The van der Waals surface area contributed by atoms with Gasteiger partial charge >= 0.3 is 5.97 Å². The minimum atomic E-state index is -0.760. The lowest BCUT2D eigenvalue weighted by Gasteiger charge is -2.12. The summed E-state index contributed by atoms with van der Waals surface area (Å²) in [7, 11) is 0. The molecule has 2 N–H and O–H groups in total. The lowest BCUT2D eigenvalue weighted by molar-refractivity contribution is -0.141. The molecule has 1 amide bonds. The molecule has 0 spiro atoms. The van der Waals surface area contributed by atoms with Gasteiger partial charge in [-0.15, -0.1) is 0 Å². The van der Waals surface area contributed by atoms with Crippen molar-refractivity contribution in [3.63, 3.8) is 0 Å². The van der Waals surface area contributed by atoms with Gasteiger partial charge in [-0.3, -0.25) is 9.59 Å². The Kier molecular flexibility index (Phi) is 4.58. The van der Waals surface area contributed by atoms with Gasteiger partial charge in [0.05, 0.1) is 12.3 Å². The third-order valence-corrected chi connectivity index (χ3v) is 3.89. The Bertz CT molecular complexity index is 489. The van der Waals surface area contributed by atoms with Gasteiger partial charge in [0.25, 0.3) is 0 Å². The number of carboxylic acids is 1. The molecule has 1 aromatic carbocycles. The second-order valence-electron chi connectivity index (χ2n) is 4.92. The molecule has 1 aliphatic carbocycles. The number of carbonyl (C=O) groups is 2. The van der Waals surface area contributed by atoms with Crippen LogP contribution in [0.25, 0.3) is 0 Å². The normalized spacial score (nSPS) is 22.2. The highest BCUT2D eigenvalue weighted by Crippen LogP contribution is 2.25. The number of carboxylic acid groups (broad SMARTS) is 1. The van der Waals surface area contributed by atoms with Crippen LogP contribution in [-0.4, -0.2) is 23.0 Å². The molecular weight excluding hydrogens is 310 g/mol. The fraction of sp³-hybridized carbons (Fsp3) is 0.429. The number of nitrogens with one attached hydrogen (secondary N) is 1. The summed E-state index contributed by atoms with van der Waals surface area (Å²) >= 11 is 3.37. The van der Waals surface area contributed by atoms with Crippen LogP contribution >= 0.6 is 15.9 Å². The van der Waals surface area contributed by atoms with Crippen molar-refractivity contribution >= 4 is 27.8 Å². The number of benzene rings is 1. The fourth-order valence-electron chi connectivity index (χ4n) is 2.45. The zero-order valence-corrected chi connectivity index (χ0v) is 12.0. The van der Waals surface area contributed by atoms with Crippen molar-refractivity contribution in [1.82, 2.24) is 5.32 Å². The van der Waals surface area contributed by atoms with Crippen molar-refractivity contribution in [3.05, 3.63) is 34.3 Å². The molecule has 0 bridgehead atoms. The van der Waals surface area contributed by atoms with Crippen molar-refractivity contribution in [1.29, 1.82) is 0 Å². The largest absolute Gasteiger partial charge is 0.481 e. The van der Waals surface area contributed by atoms with Gasteiger partial charge in [-0.2, -0.15) is 0 Å². The summed E-state index contributed by atoms with van der Waals surface area (Å²) < 4.78 is 0.949. The topological polar surface area (TPSA) is 66.4 Å². The van der Waals surface area contributed by atoms with E-state index in [1.165, 1.54) is 0 Å². The highest BCUT2D eigenvalue weighted by Gasteiger charge is 2.30. The number of hydrogen-bond acceptors (Lipinski definition) is 2. The van der Waals surface area contributed by atoms with Crippen molar-refractivity contribution in [2.75, 3.05) is 0 Å². The Morgan fingerprint density at radius 2 is 2.16 bits per heavy atom. The highest BCUT2D eigenvalue weighted by molar-refractivity contribution is 9.10. The van der Waals surface area contributed by atoms with E-state index >= 15 is 0 Å². The number of halogens is 1. The predicted octanol–water partition coefficient (Wildman–Crippen LogP) is 2.36. The van der Waals surface area contributed by atoms with Crippen molar-refractivity contribution in [3.8, 4) is 0 Å². The van der Waals surface area contributed by atoms with Gasteiger partial charge in [-0.25, -0.2) is 0 Å². The van der Waals surface area contributed by atoms with Crippen LogP contribution in [0.2, 0.25) is 0 Å².